The number of hydrogen-bond acceptors (Lipinski definition) is 3. The molecule has 2 heterocycles. The minimum absolute atomic E-state index is 0.206. The van der Waals surface area contributed by atoms with Crippen LogP contribution in [0.3, 0.4) is 0 Å². The standard InChI is InChI=1S/C15H29N3O/c1-12-6-5-7-16-14(12)10-15(19)17-11-13(2)18-8-3-4-9-18/h12-14,16H,3-11H2,1-2H3,(H,17,19). The molecule has 1 amide bonds. The Bertz CT molecular complexity index is 289. The van der Waals surface area contributed by atoms with Gasteiger partial charge in [-0.15, -0.1) is 0 Å². The fraction of sp³-hybridized carbons (Fsp3) is 0.933. The van der Waals surface area contributed by atoms with Crippen LogP contribution in [-0.2, 0) is 4.79 Å². The molecule has 110 valence electrons. The van der Waals surface area contributed by atoms with Crippen molar-refractivity contribution in [2.24, 2.45) is 5.92 Å². The topological polar surface area (TPSA) is 44.4 Å². The van der Waals surface area contributed by atoms with Crippen molar-refractivity contribution in [3.63, 3.8) is 0 Å². The highest BCUT2D eigenvalue weighted by Gasteiger charge is 2.24. The Morgan fingerprint density at radius 3 is 2.79 bits per heavy atom. The number of hydrogen-bond donors (Lipinski definition) is 2. The van der Waals surface area contributed by atoms with Crippen LogP contribution < -0.4 is 10.6 Å². The van der Waals surface area contributed by atoms with E-state index in [1.807, 2.05) is 0 Å². The molecule has 0 spiro atoms. The van der Waals surface area contributed by atoms with Crippen molar-refractivity contribution in [2.75, 3.05) is 26.2 Å². The van der Waals surface area contributed by atoms with Gasteiger partial charge in [0.05, 0.1) is 0 Å². The van der Waals surface area contributed by atoms with Crippen molar-refractivity contribution in [1.29, 1.82) is 0 Å². The van der Waals surface area contributed by atoms with Gasteiger partial charge in [0.15, 0.2) is 0 Å². The van der Waals surface area contributed by atoms with Crippen LogP contribution in [0.4, 0.5) is 0 Å². The average Bonchev–Trinajstić information content (AvgIpc) is 2.93. The van der Waals surface area contributed by atoms with Gasteiger partial charge in [0.25, 0.3) is 0 Å². The van der Waals surface area contributed by atoms with Crippen molar-refractivity contribution >= 4 is 5.91 Å². The number of amides is 1. The molecule has 2 rings (SSSR count). The molecule has 4 nitrogen and oxygen atoms in total. The van der Waals surface area contributed by atoms with Gasteiger partial charge >= 0.3 is 0 Å². The van der Waals surface area contributed by atoms with E-state index in [0.717, 1.165) is 13.1 Å². The summed E-state index contributed by atoms with van der Waals surface area (Å²) in [5.41, 5.74) is 0. The summed E-state index contributed by atoms with van der Waals surface area (Å²) in [7, 11) is 0. The summed E-state index contributed by atoms with van der Waals surface area (Å²) in [6.07, 6.45) is 5.73. The zero-order valence-corrected chi connectivity index (χ0v) is 12.5. The molecule has 2 N–H and O–H groups in total. The van der Waals surface area contributed by atoms with E-state index >= 15 is 0 Å². The SMILES string of the molecule is CC1CCCNC1CC(=O)NCC(C)N1CCCC1. The summed E-state index contributed by atoms with van der Waals surface area (Å²) in [5, 5.41) is 6.58. The van der Waals surface area contributed by atoms with Gasteiger partial charge in [0.2, 0.25) is 5.91 Å². The van der Waals surface area contributed by atoms with Crippen molar-refractivity contribution in [2.45, 2.75) is 58.0 Å². The molecule has 2 fully saturated rings. The number of piperidine rings is 1. The fourth-order valence-electron chi connectivity index (χ4n) is 3.23. The largest absolute Gasteiger partial charge is 0.354 e. The lowest BCUT2D eigenvalue weighted by Crippen LogP contribution is -2.45. The molecule has 0 aromatic heterocycles. The molecule has 2 saturated heterocycles. The first-order valence-electron chi connectivity index (χ1n) is 7.91. The molecule has 2 aliphatic heterocycles. The second-order valence-corrected chi connectivity index (χ2v) is 6.28. The van der Waals surface area contributed by atoms with Crippen LogP contribution in [0.25, 0.3) is 0 Å². The highest BCUT2D eigenvalue weighted by Crippen LogP contribution is 2.17. The van der Waals surface area contributed by atoms with E-state index in [0.29, 0.717) is 24.4 Å². The number of rotatable bonds is 5. The lowest BCUT2D eigenvalue weighted by Gasteiger charge is -2.30. The number of carbonyl (C=O) groups excluding carboxylic acids is 1. The molecule has 0 bridgehead atoms. The van der Waals surface area contributed by atoms with Crippen LogP contribution in [0.1, 0.15) is 46.0 Å². The van der Waals surface area contributed by atoms with Gasteiger partial charge in [-0.25, -0.2) is 0 Å². The third-order valence-electron chi connectivity index (χ3n) is 4.69. The molecule has 0 aromatic rings. The number of carbonyl (C=O) groups is 1. The third kappa shape index (κ3) is 4.46. The molecule has 4 heteroatoms. The fourth-order valence-corrected chi connectivity index (χ4v) is 3.23. The second kappa shape index (κ2) is 7.25. The molecule has 3 unspecified atom stereocenters. The minimum Gasteiger partial charge on any atom is -0.354 e. The minimum atomic E-state index is 0.206. The first-order valence-corrected chi connectivity index (χ1v) is 7.91. The number of nitrogens with one attached hydrogen (secondary N) is 2. The van der Waals surface area contributed by atoms with E-state index in [-0.39, 0.29) is 5.91 Å². The summed E-state index contributed by atoms with van der Waals surface area (Å²) >= 11 is 0. The van der Waals surface area contributed by atoms with Crippen molar-refractivity contribution in [3.8, 4) is 0 Å². The summed E-state index contributed by atoms with van der Waals surface area (Å²) in [6.45, 7) is 8.70. The summed E-state index contributed by atoms with van der Waals surface area (Å²) in [6, 6.07) is 0.846. The van der Waals surface area contributed by atoms with Crippen molar-refractivity contribution in [3.05, 3.63) is 0 Å². The zero-order chi connectivity index (χ0) is 13.7. The van der Waals surface area contributed by atoms with Crippen molar-refractivity contribution < 1.29 is 4.79 Å². The van der Waals surface area contributed by atoms with E-state index in [1.165, 1.54) is 38.8 Å². The monoisotopic (exact) mass is 267 g/mol. The molecular weight excluding hydrogens is 238 g/mol. The molecule has 19 heavy (non-hydrogen) atoms. The quantitative estimate of drug-likeness (QED) is 0.790. The third-order valence-corrected chi connectivity index (χ3v) is 4.69. The predicted octanol–water partition coefficient (Wildman–Crippen LogP) is 1.37. The highest BCUT2D eigenvalue weighted by atomic mass is 16.1. The Kier molecular flexibility index (Phi) is 5.64. The smallest absolute Gasteiger partial charge is 0.221 e. The van der Waals surface area contributed by atoms with Crippen LogP contribution >= 0.6 is 0 Å². The Balaban J connectivity index is 1.66. The Hall–Kier alpha value is -0.610. The summed E-state index contributed by atoms with van der Waals surface area (Å²) in [4.78, 5) is 14.5. The first kappa shape index (κ1) is 14.8. The van der Waals surface area contributed by atoms with E-state index in [9.17, 15) is 4.79 Å². The van der Waals surface area contributed by atoms with Crippen LogP contribution in [-0.4, -0.2) is 49.1 Å². The molecular formula is C15H29N3O. The van der Waals surface area contributed by atoms with Gasteiger partial charge in [0.1, 0.15) is 0 Å². The lowest BCUT2D eigenvalue weighted by molar-refractivity contribution is -0.122. The van der Waals surface area contributed by atoms with Crippen LogP contribution in [0.15, 0.2) is 0 Å². The van der Waals surface area contributed by atoms with E-state index < -0.39 is 0 Å². The van der Waals surface area contributed by atoms with E-state index in [4.69, 9.17) is 0 Å². The summed E-state index contributed by atoms with van der Waals surface area (Å²) < 4.78 is 0. The lowest BCUT2D eigenvalue weighted by atomic mass is 9.90. The normalized spacial score (nSPS) is 30.2. The maximum absolute atomic E-state index is 12.0. The van der Waals surface area contributed by atoms with Crippen molar-refractivity contribution in [1.82, 2.24) is 15.5 Å². The number of nitrogens with zero attached hydrogens (tertiary/aromatic N) is 1. The van der Waals surface area contributed by atoms with Gasteiger partial charge in [-0.05, 0) is 58.2 Å². The molecule has 3 atom stereocenters. The molecule has 0 saturated carbocycles. The molecule has 2 aliphatic rings. The molecule has 0 radical (unpaired) electrons. The molecule has 0 aliphatic carbocycles. The second-order valence-electron chi connectivity index (χ2n) is 6.28. The van der Waals surface area contributed by atoms with E-state index in [2.05, 4.69) is 29.4 Å². The number of likely N-dealkylation sites (tertiary alicyclic amines) is 1. The van der Waals surface area contributed by atoms with Gasteiger partial charge < -0.3 is 10.6 Å². The van der Waals surface area contributed by atoms with E-state index in [1.54, 1.807) is 0 Å². The van der Waals surface area contributed by atoms with Crippen LogP contribution in [0.5, 0.6) is 0 Å². The Morgan fingerprint density at radius 1 is 1.37 bits per heavy atom. The van der Waals surface area contributed by atoms with Gasteiger partial charge in [-0.1, -0.05) is 6.92 Å². The Morgan fingerprint density at radius 2 is 2.11 bits per heavy atom. The maximum Gasteiger partial charge on any atom is 0.221 e. The highest BCUT2D eigenvalue weighted by molar-refractivity contribution is 5.76. The predicted molar refractivity (Wildman–Crippen MR) is 78.1 cm³/mol. The van der Waals surface area contributed by atoms with Gasteiger partial charge in [-0.3, -0.25) is 9.69 Å². The first-order chi connectivity index (χ1) is 9.16. The molecule has 0 aromatic carbocycles. The van der Waals surface area contributed by atoms with Gasteiger partial charge in [0, 0.05) is 25.0 Å². The summed E-state index contributed by atoms with van der Waals surface area (Å²) in [5.74, 6) is 0.827. The van der Waals surface area contributed by atoms with Gasteiger partial charge in [-0.2, -0.15) is 0 Å². The zero-order valence-electron chi connectivity index (χ0n) is 12.5. The van der Waals surface area contributed by atoms with Crippen LogP contribution in [0.2, 0.25) is 0 Å². The average molecular weight is 267 g/mol. The Labute approximate surface area is 117 Å². The van der Waals surface area contributed by atoms with Crippen LogP contribution in [0, 0.1) is 5.92 Å². The maximum atomic E-state index is 12.0.